The zero-order chi connectivity index (χ0) is 30.3. The van der Waals surface area contributed by atoms with Crippen molar-refractivity contribution in [3.05, 3.63) is 18.0 Å². The van der Waals surface area contributed by atoms with Gasteiger partial charge >= 0.3 is 5.97 Å². The van der Waals surface area contributed by atoms with Gasteiger partial charge in [0.1, 0.15) is 6.33 Å². The minimum Gasteiger partial charge on any atom is -0.481 e. The first-order chi connectivity index (χ1) is 19.8. The summed E-state index contributed by atoms with van der Waals surface area (Å²) in [5.41, 5.74) is 6.35. The molecule has 1 aliphatic heterocycles. The first-order valence-corrected chi connectivity index (χ1v) is 16.4. The molecular weight excluding hydrogens is 530 g/mol. The van der Waals surface area contributed by atoms with E-state index in [0.717, 1.165) is 45.1 Å². The number of carboxylic acids is 1. The normalized spacial score (nSPS) is 47.2. The average Bonchev–Trinajstić information content (AvgIpc) is 3.47. The van der Waals surface area contributed by atoms with Crippen LogP contribution in [0.3, 0.4) is 0 Å². The Morgan fingerprint density at radius 3 is 2.57 bits per heavy atom. The molecule has 1 aromatic rings. The van der Waals surface area contributed by atoms with Gasteiger partial charge in [-0.05, 0) is 94.3 Å². The molecule has 1 saturated heterocycles. The molecule has 2 heterocycles. The summed E-state index contributed by atoms with van der Waals surface area (Å²) in [6, 6.07) is -0.0224. The molecule has 3 N–H and O–H groups in total. The highest BCUT2D eigenvalue weighted by Gasteiger charge is 2.72. The van der Waals surface area contributed by atoms with Gasteiger partial charge in [-0.2, -0.15) is 0 Å². The largest absolute Gasteiger partial charge is 0.481 e. The summed E-state index contributed by atoms with van der Waals surface area (Å²) in [5.74, 6) is 0.391. The maximum absolute atomic E-state index is 13.4. The average molecular weight is 584 g/mol. The number of aliphatic carboxylic acids is 1. The van der Waals surface area contributed by atoms with E-state index < -0.39 is 11.9 Å². The van der Waals surface area contributed by atoms with Crippen molar-refractivity contribution in [2.24, 2.45) is 62.4 Å². The Morgan fingerprint density at radius 2 is 1.93 bits per heavy atom. The highest BCUT2D eigenvalue weighted by molar-refractivity contribution is 5.73. The van der Waals surface area contributed by atoms with Crippen molar-refractivity contribution >= 4 is 5.97 Å². The zero-order valence-corrected chi connectivity index (χ0v) is 26.8. The van der Waals surface area contributed by atoms with Gasteiger partial charge in [-0.25, -0.2) is 4.68 Å². The Labute approximate surface area is 251 Å². The number of hydrogen-bond acceptors (Lipinski definition) is 7. The van der Waals surface area contributed by atoms with Crippen molar-refractivity contribution in [2.75, 3.05) is 26.4 Å². The highest BCUT2D eigenvalue weighted by Crippen LogP contribution is 2.75. The Bertz CT molecular complexity index is 1220. The first kappa shape index (κ1) is 30.2. The van der Waals surface area contributed by atoms with Gasteiger partial charge in [0.25, 0.3) is 0 Å². The fourth-order valence-electron chi connectivity index (χ4n) is 11.6. The van der Waals surface area contributed by atoms with Crippen LogP contribution in [0.25, 0.3) is 0 Å². The van der Waals surface area contributed by atoms with E-state index in [0.29, 0.717) is 37.5 Å². The number of carboxylic acid groups (broad SMARTS) is 1. The van der Waals surface area contributed by atoms with Gasteiger partial charge in [0.05, 0.1) is 37.9 Å². The second-order valence-electron chi connectivity index (χ2n) is 16.0. The van der Waals surface area contributed by atoms with Crippen LogP contribution in [0, 0.1) is 56.7 Å². The molecule has 0 unspecified atom stereocenters. The number of rotatable bonds is 7. The summed E-state index contributed by atoms with van der Waals surface area (Å²) in [4.78, 5) is 13.4. The minimum atomic E-state index is -0.628. The molecule has 11 atom stereocenters. The van der Waals surface area contributed by atoms with Crippen LogP contribution in [0.2, 0.25) is 0 Å². The summed E-state index contributed by atoms with van der Waals surface area (Å²) in [5, 5.41) is 23.3. The smallest absolute Gasteiger partial charge is 0.307 e. The summed E-state index contributed by atoms with van der Waals surface area (Å²) in [6.45, 7) is 18.4. The molecule has 0 aromatic carbocycles. The van der Waals surface area contributed by atoms with E-state index in [4.69, 9.17) is 15.2 Å². The number of fused-ring (bicyclic) bond motifs is 3. The third-order valence-corrected chi connectivity index (χ3v) is 14.1. The molecule has 4 aliphatic carbocycles. The van der Waals surface area contributed by atoms with E-state index >= 15 is 0 Å². The van der Waals surface area contributed by atoms with Crippen LogP contribution in [0.5, 0.6) is 0 Å². The molecule has 0 amide bonds. The molecule has 9 heteroatoms. The lowest BCUT2D eigenvalue weighted by Gasteiger charge is -2.71. The topological polar surface area (TPSA) is 125 Å². The highest BCUT2D eigenvalue weighted by atomic mass is 16.5. The maximum atomic E-state index is 13.4. The second kappa shape index (κ2) is 10.1. The van der Waals surface area contributed by atoms with Crippen LogP contribution in [0.1, 0.15) is 93.0 Å². The molecule has 234 valence electrons. The van der Waals surface area contributed by atoms with Crippen molar-refractivity contribution in [2.45, 2.75) is 99.1 Å². The number of allylic oxidation sites excluding steroid dienone is 1. The Morgan fingerprint density at radius 1 is 1.17 bits per heavy atom. The zero-order valence-electron chi connectivity index (χ0n) is 26.8. The fourth-order valence-corrected chi connectivity index (χ4v) is 11.6. The molecule has 5 aliphatic rings. The number of tetrazole rings is 1. The summed E-state index contributed by atoms with van der Waals surface area (Å²) >= 11 is 0. The van der Waals surface area contributed by atoms with Crippen molar-refractivity contribution in [3.63, 3.8) is 0 Å². The Kier molecular flexibility index (Phi) is 7.26. The van der Waals surface area contributed by atoms with Crippen molar-refractivity contribution in [1.82, 2.24) is 20.2 Å². The van der Waals surface area contributed by atoms with Gasteiger partial charge in [0.15, 0.2) is 0 Å². The first-order valence-electron chi connectivity index (χ1n) is 16.4. The fraction of sp³-hybridized carbons (Fsp3) is 0.879. The van der Waals surface area contributed by atoms with Crippen LogP contribution in [0.4, 0.5) is 0 Å². The van der Waals surface area contributed by atoms with Crippen LogP contribution in [-0.2, 0) is 14.3 Å². The molecule has 2 bridgehead atoms. The van der Waals surface area contributed by atoms with Crippen LogP contribution >= 0.6 is 0 Å². The predicted octanol–water partition coefficient (Wildman–Crippen LogP) is 5.15. The Balaban J connectivity index is 1.50. The quantitative estimate of drug-likeness (QED) is 0.423. The maximum Gasteiger partial charge on any atom is 0.307 e. The van der Waals surface area contributed by atoms with Gasteiger partial charge in [0, 0.05) is 12.0 Å². The lowest BCUT2D eigenvalue weighted by Crippen LogP contribution is -2.70. The number of ether oxygens (including phenoxy) is 2. The SMILES string of the molecule is CC(C)[C@@H](C)[C@@]1(C)CC[C@]2(C)[C@H]3CC[C@@H]4[C@@]5(C)COC[C@@]4(C3=CC[C@@]2(C)[C@@H]1C(=O)O)[C@@H](OCCN)[C@H](n1cnnn1)C5. The van der Waals surface area contributed by atoms with E-state index in [1.54, 1.807) is 6.33 Å². The van der Waals surface area contributed by atoms with E-state index in [2.05, 4.69) is 70.1 Å². The molecule has 0 spiro atoms. The van der Waals surface area contributed by atoms with Crippen LogP contribution < -0.4 is 5.73 Å². The van der Waals surface area contributed by atoms with Crippen LogP contribution in [0.15, 0.2) is 18.0 Å². The molecule has 4 fully saturated rings. The lowest BCUT2D eigenvalue weighted by molar-refractivity contribution is -0.251. The van der Waals surface area contributed by atoms with Gasteiger partial charge < -0.3 is 20.3 Å². The molecule has 0 radical (unpaired) electrons. The van der Waals surface area contributed by atoms with Gasteiger partial charge in [-0.1, -0.05) is 60.1 Å². The van der Waals surface area contributed by atoms with E-state index in [1.165, 1.54) is 5.57 Å². The molecular formula is C33H53N5O4. The van der Waals surface area contributed by atoms with Gasteiger partial charge in [-0.3, -0.25) is 4.79 Å². The molecule has 42 heavy (non-hydrogen) atoms. The molecule has 3 saturated carbocycles. The third kappa shape index (κ3) is 3.84. The second-order valence-corrected chi connectivity index (χ2v) is 16.0. The van der Waals surface area contributed by atoms with Crippen molar-refractivity contribution < 1.29 is 19.4 Å². The number of aromatic nitrogens is 4. The lowest BCUT2D eigenvalue weighted by atomic mass is 9.34. The molecule has 1 aromatic heterocycles. The number of nitrogens with two attached hydrogens (primary N) is 1. The van der Waals surface area contributed by atoms with Gasteiger partial charge in [0.2, 0.25) is 0 Å². The number of hydrogen-bond donors (Lipinski definition) is 2. The number of nitrogens with zero attached hydrogens (tertiary/aromatic N) is 4. The summed E-state index contributed by atoms with van der Waals surface area (Å²) < 4.78 is 15.3. The monoisotopic (exact) mass is 583 g/mol. The predicted molar refractivity (Wildman–Crippen MR) is 159 cm³/mol. The minimum absolute atomic E-state index is 0.0224. The van der Waals surface area contributed by atoms with E-state index in [-0.39, 0.29) is 45.1 Å². The number of carbonyl (C=O) groups is 1. The van der Waals surface area contributed by atoms with Crippen molar-refractivity contribution in [1.29, 1.82) is 0 Å². The van der Waals surface area contributed by atoms with Crippen molar-refractivity contribution in [3.8, 4) is 0 Å². The molecule has 6 rings (SSSR count). The van der Waals surface area contributed by atoms with E-state index in [9.17, 15) is 9.90 Å². The third-order valence-electron chi connectivity index (χ3n) is 14.1. The van der Waals surface area contributed by atoms with E-state index in [1.807, 2.05) is 4.68 Å². The summed E-state index contributed by atoms with van der Waals surface area (Å²) in [7, 11) is 0. The Hall–Kier alpha value is -1.84. The van der Waals surface area contributed by atoms with Gasteiger partial charge in [-0.15, -0.1) is 5.10 Å². The standard InChI is InChI=1S/C33H53N5O4/c1-20(2)21(3)30(5)12-13-31(6)22-8-9-25-29(4)16-24(38-19-35-36-37-38)27(42-15-14-34)33(25,18-41-17-29)23(22)10-11-32(31,7)26(30)28(39)40/h10,19-22,24-27H,8-9,11-18,34H2,1-7H3,(H,39,40)/t21-,22+,24-,25-,26-,27+,29-,30-,31-,32+,33+/m1/s1. The van der Waals surface area contributed by atoms with Crippen LogP contribution in [-0.4, -0.2) is 63.8 Å². The summed E-state index contributed by atoms with van der Waals surface area (Å²) in [6.07, 6.45) is 9.82. The molecule has 9 nitrogen and oxygen atoms in total.